The Hall–Kier alpha value is -1.88. The smallest absolute Gasteiger partial charge is 0.238 e. The summed E-state index contributed by atoms with van der Waals surface area (Å²) in [5.41, 5.74) is 1.46. The first-order chi connectivity index (χ1) is 10.1. The van der Waals surface area contributed by atoms with E-state index in [2.05, 4.69) is 16.0 Å². The van der Waals surface area contributed by atoms with Gasteiger partial charge in [0.25, 0.3) is 0 Å². The maximum absolute atomic E-state index is 11.9. The molecule has 2 rings (SSSR count). The van der Waals surface area contributed by atoms with Crippen molar-refractivity contribution in [2.75, 3.05) is 17.2 Å². The molecule has 21 heavy (non-hydrogen) atoms. The summed E-state index contributed by atoms with van der Waals surface area (Å²) in [6.45, 7) is 1.81. The van der Waals surface area contributed by atoms with E-state index >= 15 is 0 Å². The van der Waals surface area contributed by atoms with Crippen molar-refractivity contribution in [2.24, 2.45) is 0 Å². The Morgan fingerprint density at radius 3 is 2.14 bits per heavy atom. The zero-order valence-electron chi connectivity index (χ0n) is 12.4. The predicted molar refractivity (Wildman–Crippen MR) is 84.3 cm³/mol. The van der Waals surface area contributed by atoms with E-state index < -0.39 is 0 Å². The van der Waals surface area contributed by atoms with Crippen molar-refractivity contribution in [2.45, 2.75) is 45.1 Å². The highest BCUT2D eigenvalue weighted by molar-refractivity contribution is 5.93. The van der Waals surface area contributed by atoms with Gasteiger partial charge in [0.05, 0.1) is 6.54 Å². The number of rotatable bonds is 5. The quantitative estimate of drug-likeness (QED) is 0.780. The number of hydrogen-bond donors (Lipinski definition) is 3. The average Bonchev–Trinajstić information content (AvgIpc) is 2.48. The molecule has 3 N–H and O–H groups in total. The van der Waals surface area contributed by atoms with Crippen molar-refractivity contribution in [1.29, 1.82) is 0 Å². The normalized spacial score (nSPS) is 15.5. The molecule has 0 unspecified atom stereocenters. The summed E-state index contributed by atoms with van der Waals surface area (Å²) in [6.07, 6.45) is 6.15. The van der Waals surface area contributed by atoms with Crippen LogP contribution in [0.5, 0.6) is 0 Å². The van der Waals surface area contributed by atoms with Crippen LogP contribution in [0.1, 0.15) is 39.0 Å². The molecule has 114 valence electrons. The highest BCUT2D eigenvalue weighted by Crippen LogP contribution is 2.17. The van der Waals surface area contributed by atoms with Crippen LogP contribution in [0.15, 0.2) is 24.3 Å². The van der Waals surface area contributed by atoms with Crippen LogP contribution in [0.2, 0.25) is 0 Å². The van der Waals surface area contributed by atoms with Crippen molar-refractivity contribution in [3.63, 3.8) is 0 Å². The summed E-state index contributed by atoms with van der Waals surface area (Å²) in [7, 11) is 0. The molecule has 0 aromatic heterocycles. The number of nitrogens with one attached hydrogen (secondary N) is 3. The number of amides is 2. The van der Waals surface area contributed by atoms with E-state index in [1.54, 1.807) is 24.3 Å². The van der Waals surface area contributed by atoms with Crippen LogP contribution in [0.4, 0.5) is 11.4 Å². The van der Waals surface area contributed by atoms with E-state index in [1.165, 1.54) is 39.0 Å². The minimum atomic E-state index is -0.108. The summed E-state index contributed by atoms with van der Waals surface area (Å²) in [5.74, 6) is -0.142. The third-order valence-electron chi connectivity index (χ3n) is 3.65. The van der Waals surface area contributed by atoms with Gasteiger partial charge in [-0.25, -0.2) is 0 Å². The number of carbonyl (C=O) groups excluding carboxylic acids is 2. The van der Waals surface area contributed by atoms with Gasteiger partial charge in [0.2, 0.25) is 11.8 Å². The Morgan fingerprint density at radius 2 is 1.57 bits per heavy atom. The minimum Gasteiger partial charge on any atom is -0.326 e. The first-order valence-corrected chi connectivity index (χ1v) is 7.54. The minimum absolute atomic E-state index is 0.0344. The molecule has 0 saturated heterocycles. The average molecular weight is 289 g/mol. The van der Waals surface area contributed by atoms with Crippen LogP contribution in [0.3, 0.4) is 0 Å². The Labute approximate surface area is 125 Å². The maximum atomic E-state index is 11.9. The fourth-order valence-corrected chi connectivity index (χ4v) is 2.59. The van der Waals surface area contributed by atoms with Gasteiger partial charge in [-0.1, -0.05) is 19.3 Å². The molecule has 0 bridgehead atoms. The van der Waals surface area contributed by atoms with Crippen LogP contribution in [-0.4, -0.2) is 24.4 Å². The molecular formula is C16H23N3O2. The molecule has 1 aromatic carbocycles. The molecule has 0 heterocycles. The Kier molecular flexibility index (Phi) is 5.75. The molecule has 1 aliphatic rings. The lowest BCUT2D eigenvalue weighted by atomic mass is 9.95. The third-order valence-corrected chi connectivity index (χ3v) is 3.65. The van der Waals surface area contributed by atoms with Gasteiger partial charge in [-0.05, 0) is 37.1 Å². The van der Waals surface area contributed by atoms with Gasteiger partial charge in [-0.3, -0.25) is 9.59 Å². The molecule has 0 spiro atoms. The van der Waals surface area contributed by atoms with E-state index in [-0.39, 0.29) is 11.8 Å². The van der Waals surface area contributed by atoms with Crippen LogP contribution in [0, 0.1) is 0 Å². The summed E-state index contributed by atoms with van der Waals surface area (Å²) in [6, 6.07) is 7.58. The molecule has 1 aliphatic carbocycles. The SMILES string of the molecule is CC(=O)Nc1ccc(NC(=O)CNC2CCCCC2)cc1. The second-order valence-electron chi connectivity index (χ2n) is 5.52. The van der Waals surface area contributed by atoms with Gasteiger partial charge < -0.3 is 16.0 Å². The van der Waals surface area contributed by atoms with Crippen LogP contribution >= 0.6 is 0 Å². The topological polar surface area (TPSA) is 70.2 Å². The predicted octanol–water partition coefficient (Wildman–Crippen LogP) is 2.51. The standard InChI is InChI=1S/C16H23N3O2/c1-12(20)18-14-7-9-15(10-8-14)19-16(21)11-17-13-5-3-2-4-6-13/h7-10,13,17H,2-6,11H2,1H3,(H,18,20)(H,19,21). The van der Waals surface area contributed by atoms with E-state index in [4.69, 9.17) is 0 Å². The molecule has 5 nitrogen and oxygen atoms in total. The zero-order chi connectivity index (χ0) is 15.1. The molecule has 0 atom stereocenters. The molecule has 1 aromatic rings. The molecule has 5 heteroatoms. The van der Waals surface area contributed by atoms with Gasteiger partial charge in [-0.15, -0.1) is 0 Å². The summed E-state index contributed by atoms with van der Waals surface area (Å²) >= 11 is 0. The Morgan fingerprint density at radius 1 is 1.00 bits per heavy atom. The monoisotopic (exact) mass is 289 g/mol. The van der Waals surface area contributed by atoms with E-state index in [0.717, 1.165) is 11.4 Å². The van der Waals surface area contributed by atoms with Gasteiger partial charge >= 0.3 is 0 Å². The van der Waals surface area contributed by atoms with E-state index in [1.807, 2.05) is 0 Å². The van der Waals surface area contributed by atoms with Crippen LogP contribution < -0.4 is 16.0 Å². The van der Waals surface area contributed by atoms with E-state index in [0.29, 0.717) is 12.6 Å². The fraction of sp³-hybridized carbons (Fsp3) is 0.500. The number of benzene rings is 1. The lowest BCUT2D eigenvalue weighted by Gasteiger charge is -2.22. The lowest BCUT2D eigenvalue weighted by Crippen LogP contribution is -2.37. The summed E-state index contributed by atoms with van der Waals surface area (Å²) < 4.78 is 0. The van der Waals surface area contributed by atoms with Gasteiger partial charge in [-0.2, -0.15) is 0 Å². The first-order valence-electron chi connectivity index (χ1n) is 7.54. The molecule has 1 saturated carbocycles. The molecule has 2 amide bonds. The molecular weight excluding hydrogens is 266 g/mol. The van der Waals surface area contributed by atoms with Crippen molar-refractivity contribution in [1.82, 2.24) is 5.32 Å². The summed E-state index contributed by atoms with van der Waals surface area (Å²) in [5, 5.41) is 8.85. The van der Waals surface area contributed by atoms with Crippen molar-refractivity contribution >= 4 is 23.2 Å². The van der Waals surface area contributed by atoms with Gasteiger partial charge in [0.15, 0.2) is 0 Å². The van der Waals surface area contributed by atoms with Gasteiger partial charge in [0.1, 0.15) is 0 Å². The number of carbonyl (C=O) groups is 2. The second kappa shape index (κ2) is 7.78. The van der Waals surface area contributed by atoms with Crippen molar-refractivity contribution < 1.29 is 9.59 Å². The summed E-state index contributed by atoms with van der Waals surface area (Å²) in [4.78, 5) is 22.8. The fourth-order valence-electron chi connectivity index (χ4n) is 2.59. The number of anilines is 2. The van der Waals surface area contributed by atoms with Crippen LogP contribution in [-0.2, 0) is 9.59 Å². The van der Waals surface area contributed by atoms with E-state index in [9.17, 15) is 9.59 Å². The largest absolute Gasteiger partial charge is 0.326 e. The van der Waals surface area contributed by atoms with Crippen molar-refractivity contribution in [3.05, 3.63) is 24.3 Å². The third kappa shape index (κ3) is 5.55. The maximum Gasteiger partial charge on any atom is 0.238 e. The van der Waals surface area contributed by atoms with Gasteiger partial charge in [0, 0.05) is 24.3 Å². The molecule has 0 radical (unpaired) electrons. The molecule has 1 fully saturated rings. The highest BCUT2D eigenvalue weighted by atomic mass is 16.2. The second-order valence-corrected chi connectivity index (χ2v) is 5.52. The lowest BCUT2D eigenvalue weighted by molar-refractivity contribution is -0.116. The number of hydrogen-bond acceptors (Lipinski definition) is 3. The van der Waals surface area contributed by atoms with Crippen LogP contribution in [0.25, 0.3) is 0 Å². The first kappa shape index (κ1) is 15.5. The zero-order valence-corrected chi connectivity index (χ0v) is 12.4. The van der Waals surface area contributed by atoms with Crippen molar-refractivity contribution in [3.8, 4) is 0 Å². The highest BCUT2D eigenvalue weighted by Gasteiger charge is 2.13. The Bertz CT molecular complexity index is 479. The molecule has 0 aliphatic heterocycles. The Balaban J connectivity index is 1.75.